The summed E-state index contributed by atoms with van der Waals surface area (Å²) in [5, 5.41) is 4.92. The summed E-state index contributed by atoms with van der Waals surface area (Å²) in [5.41, 5.74) is 3.17. The van der Waals surface area contributed by atoms with Crippen LogP contribution in [0.15, 0.2) is 53.7 Å². The number of halogens is 1. The molecule has 1 saturated heterocycles. The van der Waals surface area contributed by atoms with Crippen molar-refractivity contribution >= 4 is 39.3 Å². The van der Waals surface area contributed by atoms with Gasteiger partial charge in [0, 0.05) is 36.3 Å². The molecular weight excluding hydrogens is 606 g/mol. The lowest BCUT2D eigenvalue weighted by molar-refractivity contribution is -0.118. The normalized spacial score (nSPS) is 25.1. The van der Waals surface area contributed by atoms with Crippen LogP contribution in [0.5, 0.6) is 5.75 Å². The second kappa shape index (κ2) is 11.3. The van der Waals surface area contributed by atoms with E-state index >= 15 is 0 Å². The Morgan fingerprint density at radius 2 is 1.95 bits per heavy atom. The molecule has 3 aromatic rings. The number of carbonyl (C=O) groups excluding carboxylic acids is 2. The van der Waals surface area contributed by atoms with E-state index in [0.29, 0.717) is 54.8 Å². The van der Waals surface area contributed by atoms with Gasteiger partial charge in [-0.25, -0.2) is 17.9 Å². The number of aryl methyl sites for hydroxylation is 1. The van der Waals surface area contributed by atoms with Crippen molar-refractivity contribution in [2.75, 3.05) is 37.7 Å². The maximum absolute atomic E-state index is 13.5. The Hall–Kier alpha value is -3.77. The van der Waals surface area contributed by atoms with Crippen LogP contribution in [0, 0.1) is 0 Å². The number of amides is 2. The van der Waals surface area contributed by atoms with Gasteiger partial charge in [0.1, 0.15) is 12.4 Å². The maximum Gasteiger partial charge on any atom is 0.410 e. The summed E-state index contributed by atoms with van der Waals surface area (Å²) in [5.74, 6) is -0.111. The molecular formula is C31H34ClN5O6S. The monoisotopic (exact) mass is 639 g/mol. The predicted molar refractivity (Wildman–Crippen MR) is 163 cm³/mol. The molecule has 0 saturated carbocycles. The minimum atomic E-state index is -4.18. The van der Waals surface area contributed by atoms with Crippen LogP contribution < -0.4 is 14.4 Å². The number of anilines is 1. The molecule has 7 rings (SSSR count). The van der Waals surface area contributed by atoms with E-state index in [0.717, 1.165) is 32.1 Å². The van der Waals surface area contributed by atoms with Gasteiger partial charge in [-0.3, -0.25) is 9.48 Å². The smallest absolute Gasteiger partial charge is 0.410 e. The molecule has 11 nitrogen and oxygen atoms in total. The fraction of sp³-hybridized carbons (Fsp3) is 0.452. The first-order valence-corrected chi connectivity index (χ1v) is 16.9. The van der Waals surface area contributed by atoms with Crippen molar-refractivity contribution in [3.63, 3.8) is 0 Å². The van der Waals surface area contributed by atoms with E-state index in [2.05, 4.69) is 20.8 Å². The lowest BCUT2D eigenvalue weighted by Crippen LogP contribution is -2.50. The molecule has 1 spiro atoms. The highest BCUT2D eigenvalue weighted by atomic mass is 35.5. The number of rotatable bonds is 0. The highest BCUT2D eigenvalue weighted by molar-refractivity contribution is 7.90. The molecule has 4 bridgehead atoms. The van der Waals surface area contributed by atoms with Crippen LogP contribution in [-0.2, 0) is 44.4 Å². The fourth-order valence-corrected chi connectivity index (χ4v) is 8.34. The molecule has 1 unspecified atom stereocenters. The molecule has 13 heteroatoms. The Bertz CT molecular complexity index is 1730. The Balaban J connectivity index is 1.30. The van der Waals surface area contributed by atoms with Crippen LogP contribution in [-0.4, -0.2) is 74.0 Å². The molecule has 1 aliphatic carbocycles. The largest absolute Gasteiger partial charge is 0.490 e. The van der Waals surface area contributed by atoms with E-state index in [1.807, 2.05) is 12.1 Å². The minimum absolute atomic E-state index is 0.0375. The lowest BCUT2D eigenvalue weighted by Gasteiger charge is -2.42. The number of sulfonamides is 1. The number of benzene rings is 2. The summed E-state index contributed by atoms with van der Waals surface area (Å²) in [6, 6.07) is 10.6. The number of ether oxygens (including phenoxy) is 2. The summed E-state index contributed by atoms with van der Waals surface area (Å²) in [4.78, 5) is 30.0. The molecule has 3 aliphatic heterocycles. The Morgan fingerprint density at radius 3 is 2.84 bits per heavy atom. The Kier molecular flexibility index (Phi) is 7.44. The van der Waals surface area contributed by atoms with Gasteiger partial charge in [0.05, 0.1) is 42.4 Å². The van der Waals surface area contributed by atoms with Gasteiger partial charge in [-0.15, -0.1) is 0 Å². The van der Waals surface area contributed by atoms with Gasteiger partial charge >= 0.3 is 6.09 Å². The maximum atomic E-state index is 13.5. The van der Waals surface area contributed by atoms with E-state index in [4.69, 9.17) is 21.1 Å². The molecule has 1 N–H and O–H groups in total. The predicted octanol–water partition coefficient (Wildman–Crippen LogP) is 3.67. The molecule has 44 heavy (non-hydrogen) atoms. The fourth-order valence-electron chi connectivity index (χ4n) is 7.14. The summed E-state index contributed by atoms with van der Waals surface area (Å²) in [6.07, 6.45) is 7.01. The number of carbonyl (C=O) groups is 2. The zero-order valence-corrected chi connectivity index (χ0v) is 25.8. The zero-order chi connectivity index (χ0) is 30.5. The number of fused-ring (bicyclic) bond motifs is 6. The van der Waals surface area contributed by atoms with Gasteiger partial charge in [-0.05, 0) is 79.1 Å². The van der Waals surface area contributed by atoms with Gasteiger partial charge in [-0.2, -0.15) is 5.10 Å². The Labute approximate surface area is 261 Å². The number of hydrogen-bond donors (Lipinski definition) is 1. The van der Waals surface area contributed by atoms with E-state index < -0.39 is 15.9 Å². The van der Waals surface area contributed by atoms with Crippen molar-refractivity contribution < 1.29 is 27.5 Å². The van der Waals surface area contributed by atoms with Crippen molar-refractivity contribution in [1.29, 1.82) is 0 Å². The highest BCUT2D eigenvalue weighted by Gasteiger charge is 2.43. The van der Waals surface area contributed by atoms with Crippen molar-refractivity contribution in [1.82, 2.24) is 19.4 Å². The minimum Gasteiger partial charge on any atom is -0.490 e. The van der Waals surface area contributed by atoms with Gasteiger partial charge in [0.15, 0.2) is 0 Å². The molecule has 2 atom stereocenters. The number of aromatic nitrogens is 2. The molecule has 4 aliphatic rings. The van der Waals surface area contributed by atoms with Gasteiger partial charge in [0.25, 0.3) is 10.0 Å². The van der Waals surface area contributed by atoms with Crippen molar-refractivity contribution in [2.24, 2.45) is 0 Å². The third-order valence-corrected chi connectivity index (χ3v) is 10.8. The summed E-state index contributed by atoms with van der Waals surface area (Å²) >= 11 is 6.38. The molecule has 2 aromatic carbocycles. The number of hydrogen-bond acceptors (Lipinski definition) is 8. The van der Waals surface area contributed by atoms with Crippen LogP contribution in [0.2, 0.25) is 5.02 Å². The van der Waals surface area contributed by atoms with Gasteiger partial charge in [-0.1, -0.05) is 17.7 Å². The van der Waals surface area contributed by atoms with E-state index in [-0.39, 0.29) is 35.5 Å². The summed E-state index contributed by atoms with van der Waals surface area (Å²) < 4.78 is 42.9. The third kappa shape index (κ3) is 5.49. The second-order valence-corrected chi connectivity index (χ2v) is 14.3. The molecule has 4 heterocycles. The molecule has 0 radical (unpaired) electrons. The molecule has 1 aromatic heterocycles. The Morgan fingerprint density at radius 1 is 1.07 bits per heavy atom. The first-order chi connectivity index (χ1) is 21.2. The van der Waals surface area contributed by atoms with Gasteiger partial charge < -0.3 is 19.3 Å². The number of nitrogens with one attached hydrogen (secondary N) is 1. The molecule has 1 fully saturated rings. The molecule has 232 valence electrons. The third-order valence-electron chi connectivity index (χ3n) is 9.21. The van der Waals surface area contributed by atoms with Crippen molar-refractivity contribution in [2.45, 2.75) is 61.4 Å². The topological polar surface area (TPSA) is 123 Å². The quantitative estimate of drug-likeness (QED) is 0.395. The standard InChI is InChI=1S/C31H34ClN5O6S/c32-23-5-7-26-22(14-23)3-1-9-31(26)19-35-18-24-4-2-10-37(24)30(39)42-12-11-36-17-21(16-33-36)13-29(38)34-44(40,41)25-6-8-28(43-20-31)27(35)15-25/h5-8,14-17,24H,1-4,9-13,18-20H2,(H,34,38)/t24?,31-/m0/s1. The molecule has 2 amide bonds. The highest BCUT2D eigenvalue weighted by Crippen LogP contribution is 2.45. The van der Waals surface area contributed by atoms with Crippen molar-refractivity contribution in [3.05, 3.63) is 70.5 Å². The first-order valence-electron chi connectivity index (χ1n) is 15.0. The van der Waals surface area contributed by atoms with Crippen molar-refractivity contribution in [3.8, 4) is 5.75 Å². The van der Waals surface area contributed by atoms with Crippen LogP contribution in [0.4, 0.5) is 10.5 Å². The van der Waals surface area contributed by atoms with Crippen LogP contribution in [0.25, 0.3) is 0 Å². The average molecular weight is 640 g/mol. The average Bonchev–Trinajstić information content (AvgIpc) is 3.61. The van der Waals surface area contributed by atoms with E-state index in [1.165, 1.54) is 23.4 Å². The SMILES string of the molecule is O=C1Cc2cnn(c2)CCOC(=O)N2CCCC2CN2C[C@@]3(CCCc4cc(Cl)ccc43)COc3ccc(cc32)S(=O)(=O)N1. The van der Waals surface area contributed by atoms with Gasteiger partial charge in [0.2, 0.25) is 5.91 Å². The first kappa shape index (κ1) is 29.0. The number of nitrogens with zero attached hydrogens (tertiary/aromatic N) is 4. The summed E-state index contributed by atoms with van der Waals surface area (Å²) in [7, 11) is -4.18. The number of cyclic esters (lactones) is 1. The van der Waals surface area contributed by atoms with E-state index in [1.54, 1.807) is 27.9 Å². The van der Waals surface area contributed by atoms with Crippen LogP contribution >= 0.6 is 11.6 Å². The van der Waals surface area contributed by atoms with Crippen LogP contribution in [0.3, 0.4) is 0 Å². The van der Waals surface area contributed by atoms with Crippen LogP contribution in [0.1, 0.15) is 42.4 Å². The zero-order valence-electron chi connectivity index (χ0n) is 24.2. The second-order valence-electron chi connectivity index (χ2n) is 12.2. The van der Waals surface area contributed by atoms with E-state index in [9.17, 15) is 18.0 Å². The summed E-state index contributed by atoms with van der Waals surface area (Å²) in [6.45, 7) is 2.46. The lowest BCUT2D eigenvalue weighted by atomic mass is 9.70.